The van der Waals surface area contributed by atoms with Crippen molar-refractivity contribution in [1.82, 2.24) is 4.98 Å². The molecule has 0 unspecified atom stereocenters. The molecule has 0 amide bonds. The minimum absolute atomic E-state index is 0.561. The first-order valence-corrected chi connectivity index (χ1v) is 9.04. The summed E-state index contributed by atoms with van der Waals surface area (Å²) in [7, 11) is 1.61. The number of benzene rings is 2. The third kappa shape index (κ3) is 3.18. The van der Waals surface area contributed by atoms with E-state index in [1.807, 2.05) is 36.4 Å². The first kappa shape index (κ1) is 15.9. The van der Waals surface area contributed by atoms with Crippen molar-refractivity contribution in [2.75, 3.05) is 12.4 Å². The number of fused-ring (bicyclic) bond motifs is 1. The Morgan fingerprint density at radius 1 is 1.04 bits per heavy atom. The fourth-order valence-electron chi connectivity index (χ4n) is 2.73. The summed E-state index contributed by atoms with van der Waals surface area (Å²) in [6.45, 7) is 0. The van der Waals surface area contributed by atoms with E-state index in [1.165, 1.54) is 0 Å². The van der Waals surface area contributed by atoms with E-state index >= 15 is 0 Å². The molecule has 0 radical (unpaired) electrons. The number of ether oxygens (including phenoxy) is 1. The Labute approximate surface area is 154 Å². The molecule has 2 aromatic carbocycles. The van der Waals surface area contributed by atoms with Gasteiger partial charge in [-0.25, -0.2) is 4.98 Å². The van der Waals surface area contributed by atoms with E-state index in [0.717, 1.165) is 32.8 Å². The van der Waals surface area contributed by atoms with Crippen LogP contribution >= 0.6 is 22.9 Å². The fourth-order valence-corrected chi connectivity index (χ4v) is 3.67. The summed E-state index contributed by atoms with van der Waals surface area (Å²) in [5.74, 6) is 1.46. The van der Waals surface area contributed by atoms with Gasteiger partial charge in [-0.2, -0.15) is 0 Å². The van der Waals surface area contributed by atoms with Crippen LogP contribution in [0, 0.1) is 0 Å². The second kappa shape index (κ2) is 6.75. The zero-order valence-electron chi connectivity index (χ0n) is 13.5. The molecule has 5 heteroatoms. The lowest BCUT2D eigenvalue weighted by Gasteiger charge is -2.12. The molecule has 0 aliphatic heterocycles. The van der Waals surface area contributed by atoms with Gasteiger partial charge in [-0.3, -0.25) is 0 Å². The topological polar surface area (TPSA) is 34.1 Å². The maximum Gasteiger partial charge on any atom is 0.139 e. The smallest absolute Gasteiger partial charge is 0.139 e. The number of rotatable bonds is 4. The Kier molecular flexibility index (Phi) is 4.30. The third-order valence-corrected chi connectivity index (χ3v) is 5.12. The third-order valence-electron chi connectivity index (χ3n) is 3.93. The van der Waals surface area contributed by atoms with E-state index in [9.17, 15) is 0 Å². The van der Waals surface area contributed by atoms with Crippen LogP contribution in [0.2, 0.25) is 5.02 Å². The van der Waals surface area contributed by atoms with E-state index in [2.05, 4.69) is 35.0 Å². The number of hydrogen-bond donors (Lipinski definition) is 1. The van der Waals surface area contributed by atoms with Gasteiger partial charge < -0.3 is 10.1 Å². The van der Waals surface area contributed by atoms with Crippen molar-refractivity contribution in [2.45, 2.75) is 0 Å². The van der Waals surface area contributed by atoms with Gasteiger partial charge in [0.05, 0.1) is 22.7 Å². The highest BCUT2D eigenvalue weighted by molar-refractivity contribution is 7.13. The first-order valence-electron chi connectivity index (χ1n) is 7.79. The summed E-state index contributed by atoms with van der Waals surface area (Å²) in [5, 5.41) is 8.22. The van der Waals surface area contributed by atoms with E-state index in [4.69, 9.17) is 21.3 Å². The van der Waals surface area contributed by atoms with Crippen molar-refractivity contribution >= 4 is 45.2 Å². The number of thiophene rings is 1. The Morgan fingerprint density at radius 3 is 2.68 bits per heavy atom. The van der Waals surface area contributed by atoms with Crippen LogP contribution in [0.1, 0.15) is 0 Å². The number of methoxy groups -OCH3 is 1. The van der Waals surface area contributed by atoms with Gasteiger partial charge in [0, 0.05) is 11.1 Å². The molecule has 2 aromatic heterocycles. The molecule has 0 atom stereocenters. The number of anilines is 2. The quantitative estimate of drug-likeness (QED) is 0.455. The van der Waals surface area contributed by atoms with Crippen LogP contribution < -0.4 is 10.1 Å². The molecule has 0 saturated heterocycles. The van der Waals surface area contributed by atoms with Crippen LogP contribution in [0.5, 0.6) is 5.75 Å². The summed E-state index contributed by atoms with van der Waals surface area (Å²) in [6, 6.07) is 20.1. The van der Waals surface area contributed by atoms with Crippen molar-refractivity contribution in [3.8, 4) is 16.3 Å². The van der Waals surface area contributed by atoms with Crippen molar-refractivity contribution in [2.24, 2.45) is 0 Å². The lowest BCUT2D eigenvalue weighted by Crippen LogP contribution is -1.97. The molecule has 124 valence electrons. The minimum Gasteiger partial charge on any atom is -0.495 e. The number of nitrogens with one attached hydrogen (secondary N) is 1. The van der Waals surface area contributed by atoms with Crippen molar-refractivity contribution in [1.29, 1.82) is 0 Å². The van der Waals surface area contributed by atoms with Crippen LogP contribution in [-0.4, -0.2) is 12.1 Å². The second-order valence-corrected chi connectivity index (χ2v) is 6.88. The normalized spacial score (nSPS) is 10.8. The van der Waals surface area contributed by atoms with E-state index in [0.29, 0.717) is 10.8 Å². The summed E-state index contributed by atoms with van der Waals surface area (Å²) in [5.41, 5.74) is 1.82. The highest BCUT2D eigenvalue weighted by atomic mass is 35.5. The monoisotopic (exact) mass is 366 g/mol. The SMILES string of the molecule is COc1ccc(Nc2nc(-c3cccs3)cc3ccccc23)cc1Cl. The van der Waals surface area contributed by atoms with E-state index in [-0.39, 0.29) is 0 Å². The van der Waals surface area contributed by atoms with Crippen LogP contribution in [0.4, 0.5) is 11.5 Å². The molecule has 4 aromatic rings. The van der Waals surface area contributed by atoms with Gasteiger partial charge in [0.15, 0.2) is 0 Å². The molecule has 1 N–H and O–H groups in total. The molecule has 2 heterocycles. The maximum atomic E-state index is 6.24. The molecular weight excluding hydrogens is 352 g/mol. The number of halogens is 1. The summed E-state index contributed by atoms with van der Waals surface area (Å²) in [6.07, 6.45) is 0. The Hall–Kier alpha value is -2.56. The molecule has 0 aliphatic carbocycles. The van der Waals surface area contributed by atoms with Crippen LogP contribution in [0.25, 0.3) is 21.3 Å². The predicted molar refractivity (Wildman–Crippen MR) is 106 cm³/mol. The van der Waals surface area contributed by atoms with Gasteiger partial charge in [-0.15, -0.1) is 11.3 Å². The molecule has 0 saturated carbocycles. The average Bonchev–Trinajstić information content (AvgIpc) is 3.16. The molecular formula is C20H15ClN2OS. The standard InChI is InChI=1S/C20H15ClN2OS/c1-24-18-9-8-14(12-16(18)21)22-20-15-6-3-2-5-13(15)11-17(23-20)19-7-4-10-25-19/h2-12H,1H3,(H,22,23). The maximum absolute atomic E-state index is 6.24. The highest BCUT2D eigenvalue weighted by Gasteiger charge is 2.10. The van der Waals surface area contributed by atoms with Crippen molar-refractivity contribution < 1.29 is 4.74 Å². The van der Waals surface area contributed by atoms with Crippen molar-refractivity contribution in [3.63, 3.8) is 0 Å². The molecule has 3 nitrogen and oxygen atoms in total. The van der Waals surface area contributed by atoms with Gasteiger partial charge in [-0.1, -0.05) is 41.9 Å². The predicted octanol–water partition coefficient (Wildman–Crippen LogP) is 6.37. The van der Waals surface area contributed by atoms with E-state index in [1.54, 1.807) is 18.4 Å². The summed E-state index contributed by atoms with van der Waals surface area (Å²) >= 11 is 7.92. The van der Waals surface area contributed by atoms with Crippen LogP contribution in [0.15, 0.2) is 66.0 Å². The lowest BCUT2D eigenvalue weighted by atomic mass is 10.1. The van der Waals surface area contributed by atoms with E-state index < -0.39 is 0 Å². The minimum atomic E-state index is 0.561. The Morgan fingerprint density at radius 2 is 1.92 bits per heavy atom. The van der Waals surface area contributed by atoms with Gasteiger partial charge in [-0.05, 0) is 41.1 Å². The Bertz CT molecular complexity index is 1030. The zero-order valence-corrected chi connectivity index (χ0v) is 15.1. The fraction of sp³-hybridized carbons (Fsp3) is 0.0500. The van der Waals surface area contributed by atoms with Crippen LogP contribution in [0.3, 0.4) is 0 Å². The Balaban J connectivity index is 1.81. The molecule has 0 spiro atoms. The number of aromatic nitrogens is 1. The lowest BCUT2D eigenvalue weighted by molar-refractivity contribution is 0.415. The number of nitrogens with zero attached hydrogens (tertiary/aromatic N) is 1. The number of pyridine rings is 1. The van der Waals surface area contributed by atoms with Crippen molar-refractivity contribution in [3.05, 3.63) is 71.1 Å². The summed E-state index contributed by atoms with van der Waals surface area (Å²) < 4.78 is 5.21. The molecule has 4 rings (SSSR count). The molecule has 0 bridgehead atoms. The zero-order chi connectivity index (χ0) is 17.2. The molecule has 0 fully saturated rings. The highest BCUT2D eigenvalue weighted by Crippen LogP contribution is 2.33. The van der Waals surface area contributed by atoms with Gasteiger partial charge in [0.25, 0.3) is 0 Å². The van der Waals surface area contributed by atoms with Crippen LogP contribution in [-0.2, 0) is 0 Å². The van der Waals surface area contributed by atoms with Gasteiger partial charge >= 0.3 is 0 Å². The molecule has 25 heavy (non-hydrogen) atoms. The number of hydrogen-bond acceptors (Lipinski definition) is 4. The first-order chi connectivity index (χ1) is 12.2. The van der Waals surface area contributed by atoms with Gasteiger partial charge in [0.2, 0.25) is 0 Å². The second-order valence-electron chi connectivity index (χ2n) is 5.53. The molecule has 0 aliphatic rings. The van der Waals surface area contributed by atoms with Gasteiger partial charge in [0.1, 0.15) is 11.6 Å². The average molecular weight is 367 g/mol. The summed E-state index contributed by atoms with van der Waals surface area (Å²) in [4.78, 5) is 5.98. The largest absolute Gasteiger partial charge is 0.495 e.